The lowest BCUT2D eigenvalue weighted by Gasteiger charge is -2.57. The third kappa shape index (κ3) is 1.78. The van der Waals surface area contributed by atoms with Crippen LogP contribution in [0.3, 0.4) is 0 Å². The molecule has 0 spiro atoms. The van der Waals surface area contributed by atoms with E-state index in [1.165, 1.54) is 31.3 Å². The first-order valence-corrected chi connectivity index (χ1v) is 8.87. The van der Waals surface area contributed by atoms with Crippen molar-refractivity contribution in [2.75, 3.05) is 0 Å². The molecule has 0 aromatic carbocycles. The number of carbonyl (C=O) groups is 1. The highest BCUT2D eigenvalue weighted by atomic mass is 16.3. The van der Waals surface area contributed by atoms with Crippen molar-refractivity contribution in [3.05, 3.63) is 11.6 Å². The van der Waals surface area contributed by atoms with E-state index in [1.54, 1.807) is 0 Å². The number of aliphatic hydroxyl groups excluding tert-OH is 1. The van der Waals surface area contributed by atoms with Gasteiger partial charge in [-0.2, -0.15) is 0 Å². The van der Waals surface area contributed by atoms with Crippen LogP contribution in [0.1, 0.15) is 65.2 Å². The van der Waals surface area contributed by atoms with Gasteiger partial charge >= 0.3 is 0 Å². The lowest BCUT2D eigenvalue weighted by Crippen LogP contribution is -2.51. The fourth-order valence-electron chi connectivity index (χ4n) is 6.53. The number of hydrogen-bond donors (Lipinski definition) is 1. The van der Waals surface area contributed by atoms with Gasteiger partial charge in [-0.25, -0.2) is 0 Å². The second-order valence-corrected chi connectivity index (χ2v) is 8.61. The summed E-state index contributed by atoms with van der Waals surface area (Å²) in [6.45, 7) is 4.76. The lowest BCUT2D eigenvalue weighted by atomic mass is 9.47. The van der Waals surface area contributed by atoms with Crippen LogP contribution in [-0.4, -0.2) is 17.0 Å². The third-order valence-corrected chi connectivity index (χ3v) is 7.91. The molecule has 3 saturated carbocycles. The summed E-state index contributed by atoms with van der Waals surface area (Å²) in [6.07, 6.45) is 10.7. The van der Waals surface area contributed by atoms with Crippen LogP contribution in [0, 0.1) is 28.6 Å². The molecule has 0 aliphatic heterocycles. The summed E-state index contributed by atoms with van der Waals surface area (Å²) < 4.78 is 0. The van der Waals surface area contributed by atoms with Crippen molar-refractivity contribution in [2.45, 2.75) is 71.3 Å². The van der Waals surface area contributed by atoms with E-state index >= 15 is 0 Å². The highest BCUT2D eigenvalue weighted by Gasteiger charge is 2.58. The summed E-state index contributed by atoms with van der Waals surface area (Å²) in [7, 11) is 0. The molecule has 0 saturated heterocycles. The minimum atomic E-state index is -0.0823. The van der Waals surface area contributed by atoms with E-state index < -0.39 is 0 Å². The summed E-state index contributed by atoms with van der Waals surface area (Å²) in [5.41, 5.74) is 1.89. The average molecular weight is 288 g/mol. The van der Waals surface area contributed by atoms with Gasteiger partial charge in [0, 0.05) is 6.42 Å². The second-order valence-electron chi connectivity index (χ2n) is 8.61. The second kappa shape index (κ2) is 4.44. The van der Waals surface area contributed by atoms with Crippen LogP contribution in [0.5, 0.6) is 0 Å². The van der Waals surface area contributed by atoms with E-state index in [0.717, 1.165) is 37.5 Å². The molecule has 0 unspecified atom stereocenters. The standard InChI is InChI=1S/C19H28O2/c1-18-9-7-13(20)11-12(18)3-4-14-15-5-6-17(21)19(15,2)10-8-16(14)18/h11,14-17,21H,3-10H2,1-2H3/t14-,15+,16+,17+,18+,19+/m0/s1. The summed E-state index contributed by atoms with van der Waals surface area (Å²) in [6, 6.07) is 0. The Kier molecular flexibility index (Phi) is 2.96. The molecule has 0 heterocycles. The number of aliphatic hydroxyl groups is 1. The van der Waals surface area contributed by atoms with Gasteiger partial charge in [0.05, 0.1) is 6.10 Å². The average Bonchev–Trinajstić information content (AvgIpc) is 2.76. The van der Waals surface area contributed by atoms with E-state index in [2.05, 4.69) is 13.8 Å². The van der Waals surface area contributed by atoms with Gasteiger partial charge in [-0.05, 0) is 79.6 Å². The fraction of sp³-hybridized carbons (Fsp3) is 0.842. The molecule has 0 amide bonds. The van der Waals surface area contributed by atoms with Crippen LogP contribution in [-0.2, 0) is 4.79 Å². The van der Waals surface area contributed by atoms with Gasteiger partial charge in [0.2, 0.25) is 0 Å². The van der Waals surface area contributed by atoms with Gasteiger partial charge < -0.3 is 5.11 Å². The van der Waals surface area contributed by atoms with Crippen molar-refractivity contribution in [3.63, 3.8) is 0 Å². The Balaban J connectivity index is 1.69. The van der Waals surface area contributed by atoms with Crippen molar-refractivity contribution in [3.8, 4) is 0 Å². The largest absolute Gasteiger partial charge is 0.393 e. The summed E-state index contributed by atoms with van der Waals surface area (Å²) in [4.78, 5) is 11.8. The zero-order valence-corrected chi connectivity index (χ0v) is 13.4. The van der Waals surface area contributed by atoms with Crippen LogP contribution in [0.15, 0.2) is 11.6 Å². The van der Waals surface area contributed by atoms with Crippen LogP contribution in [0.2, 0.25) is 0 Å². The Morgan fingerprint density at radius 2 is 1.86 bits per heavy atom. The van der Waals surface area contributed by atoms with Crippen LogP contribution in [0.4, 0.5) is 0 Å². The van der Waals surface area contributed by atoms with Gasteiger partial charge in [-0.15, -0.1) is 0 Å². The Morgan fingerprint density at radius 3 is 2.67 bits per heavy atom. The molecule has 2 heteroatoms. The normalized spacial score (nSPS) is 52.7. The highest BCUT2D eigenvalue weighted by Crippen LogP contribution is 2.65. The maximum Gasteiger partial charge on any atom is 0.155 e. The summed E-state index contributed by atoms with van der Waals surface area (Å²) in [5, 5.41) is 10.4. The van der Waals surface area contributed by atoms with Gasteiger partial charge in [0.1, 0.15) is 0 Å². The Bertz CT molecular complexity index is 508. The van der Waals surface area contributed by atoms with Crippen molar-refractivity contribution in [2.24, 2.45) is 28.6 Å². The third-order valence-electron chi connectivity index (χ3n) is 7.91. The zero-order chi connectivity index (χ0) is 14.8. The number of carbonyl (C=O) groups excluding carboxylic acids is 1. The van der Waals surface area contributed by atoms with E-state index in [0.29, 0.717) is 11.7 Å². The number of fused-ring (bicyclic) bond motifs is 5. The predicted molar refractivity (Wildman–Crippen MR) is 82.7 cm³/mol. The highest BCUT2D eigenvalue weighted by molar-refractivity contribution is 5.91. The van der Waals surface area contributed by atoms with E-state index in [-0.39, 0.29) is 16.9 Å². The summed E-state index contributed by atoms with van der Waals surface area (Å²) in [5.74, 6) is 2.57. The first-order chi connectivity index (χ1) is 9.95. The maximum absolute atomic E-state index is 11.8. The van der Waals surface area contributed by atoms with Crippen molar-refractivity contribution < 1.29 is 9.90 Å². The number of ketones is 1. The number of rotatable bonds is 0. The molecule has 0 bridgehead atoms. The predicted octanol–water partition coefficient (Wildman–Crippen LogP) is 3.88. The summed E-state index contributed by atoms with van der Waals surface area (Å²) >= 11 is 0. The first-order valence-electron chi connectivity index (χ1n) is 8.87. The molecule has 6 atom stereocenters. The maximum atomic E-state index is 11.8. The van der Waals surface area contributed by atoms with Gasteiger partial charge in [0.25, 0.3) is 0 Å². The number of allylic oxidation sites excluding steroid dienone is 1. The Morgan fingerprint density at radius 1 is 1.05 bits per heavy atom. The molecule has 4 rings (SSSR count). The van der Waals surface area contributed by atoms with Crippen molar-refractivity contribution in [1.82, 2.24) is 0 Å². The van der Waals surface area contributed by atoms with Gasteiger partial charge in [0.15, 0.2) is 5.78 Å². The first kappa shape index (κ1) is 14.0. The smallest absolute Gasteiger partial charge is 0.155 e. The molecule has 21 heavy (non-hydrogen) atoms. The van der Waals surface area contributed by atoms with Crippen LogP contribution < -0.4 is 0 Å². The van der Waals surface area contributed by atoms with Crippen molar-refractivity contribution >= 4 is 5.78 Å². The van der Waals surface area contributed by atoms with E-state index in [9.17, 15) is 9.90 Å². The van der Waals surface area contributed by atoms with E-state index in [4.69, 9.17) is 0 Å². The molecule has 4 aliphatic carbocycles. The molecule has 0 aromatic rings. The molecule has 2 nitrogen and oxygen atoms in total. The lowest BCUT2D eigenvalue weighted by molar-refractivity contribution is -0.118. The van der Waals surface area contributed by atoms with Crippen molar-refractivity contribution in [1.29, 1.82) is 0 Å². The fourth-order valence-corrected chi connectivity index (χ4v) is 6.53. The molecule has 0 aromatic heterocycles. The van der Waals surface area contributed by atoms with E-state index in [1.807, 2.05) is 6.08 Å². The molecule has 1 N–H and O–H groups in total. The van der Waals surface area contributed by atoms with Crippen LogP contribution in [0.25, 0.3) is 0 Å². The molecule has 0 radical (unpaired) electrons. The van der Waals surface area contributed by atoms with Crippen LogP contribution >= 0.6 is 0 Å². The molecule has 116 valence electrons. The quantitative estimate of drug-likeness (QED) is 0.734. The SMILES string of the molecule is C[C@@]12CC[C@@H]3[C@@H](CCC4=CC(=O)CC[C@]43C)[C@H]1CC[C@H]2O. The molecule has 4 aliphatic rings. The molecule has 3 fully saturated rings. The zero-order valence-electron chi connectivity index (χ0n) is 13.4. The minimum absolute atomic E-state index is 0.0823. The topological polar surface area (TPSA) is 37.3 Å². The molecular formula is C19H28O2. The monoisotopic (exact) mass is 288 g/mol. The van der Waals surface area contributed by atoms with Gasteiger partial charge in [-0.1, -0.05) is 19.4 Å². The Labute approximate surface area is 128 Å². The minimum Gasteiger partial charge on any atom is -0.393 e. The van der Waals surface area contributed by atoms with Gasteiger partial charge in [-0.3, -0.25) is 4.79 Å². The number of hydrogen-bond acceptors (Lipinski definition) is 2. The Hall–Kier alpha value is -0.630. The molecular weight excluding hydrogens is 260 g/mol.